The zero-order valence-corrected chi connectivity index (χ0v) is 14.8. The van der Waals surface area contributed by atoms with Gasteiger partial charge in [-0.2, -0.15) is 9.40 Å². The predicted octanol–water partition coefficient (Wildman–Crippen LogP) is 1.65. The third-order valence-electron chi connectivity index (χ3n) is 3.50. The van der Waals surface area contributed by atoms with Gasteiger partial charge in [0.1, 0.15) is 9.23 Å². The van der Waals surface area contributed by atoms with Crippen LogP contribution in [0.4, 0.5) is 5.69 Å². The molecule has 2 aromatic rings. The number of anilines is 1. The Morgan fingerprint density at radius 1 is 1.17 bits per heavy atom. The molecule has 1 aliphatic heterocycles. The van der Waals surface area contributed by atoms with Crippen LogP contribution in [0.5, 0.6) is 0 Å². The van der Waals surface area contributed by atoms with Gasteiger partial charge in [0.05, 0.1) is 16.2 Å². The van der Waals surface area contributed by atoms with E-state index in [0.717, 1.165) is 11.3 Å². The van der Waals surface area contributed by atoms with Crippen LogP contribution in [0.1, 0.15) is 0 Å². The van der Waals surface area contributed by atoms with E-state index in [-0.39, 0.29) is 9.23 Å². The van der Waals surface area contributed by atoms with Crippen molar-refractivity contribution in [2.24, 2.45) is 0 Å². The maximum Gasteiger partial charge on any atom is 0.285 e. The molecule has 0 aliphatic carbocycles. The van der Waals surface area contributed by atoms with Gasteiger partial charge in [0.15, 0.2) is 0 Å². The summed E-state index contributed by atoms with van der Waals surface area (Å²) in [7, 11) is -3.54. The normalized spacial score (nSPS) is 16.7. The van der Waals surface area contributed by atoms with Gasteiger partial charge in [0, 0.05) is 26.2 Å². The van der Waals surface area contributed by atoms with E-state index in [1.54, 1.807) is 6.07 Å². The highest BCUT2D eigenvalue weighted by Gasteiger charge is 2.30. The molecule has 7 nitrogen and oxygen atoms in total. The lowest BCUT2D eigenvalue weighted by Gasteiger charge is -2.35. The quantitative estimate of drug-likeness (QED) is 0.854. The van der Waals surface area contributed by atoms with Crippen molar-refractivity contribution in [2.75, 3.05) is 31.1 Å². The Morgan fingerprint density at radius 3 is 2.48 bits per heavy atom. The fraction of sp³-hybridized carbons (Fsp3) is 0.333. The molecule has 11 heteroatoms. The van der Waals surface area contributed by atoms with Crippen LogP contribution < -0.4 is 10.5 Å². The average Bonchev–Trinajstić information content (AvgIpc) is 2.98. The molecule has 0 radical (unpaired) electrons. The van der Waals surface area contributed by atoms with Crippen LogP contribution >= 0.6 is 34.5 Å². The number of sulfonamides is 1. The lowest BCUT2D eigenvalue weighted by Crippen LogP contribution is -2.48. The highest BCUT2D eigenvalue weighted by Crippen LogP contribution is 2.29. The first-order chi connectivity index (χ1) is 10.9. The summed E-state index contributed by atoms with van der Waals surface area (Å²) >= 11 is 12.8. The molecule has 1 saturated heterocycles. The molecule has 0 aromatic carbocycles. The second kappa shape index (κ2) is 6.40. The standard InChI is InChI=1S/C12H12Cl2N4O3S2/c13-9-1-2-10(22-9)23(20,21)18-5-3-17(4-6-18)8-7-15-16-12(19)11(8)14/h1-2,7H,3-6H2,(H,16,19). The molecule has 0 spiro atoms. The second-order valence-electron chi connectivity index (χ2n) is 4.85. The molecule has 23 heavy (non-hydrogen) atoms. The van der Waals surface area contributed by atoms with Crippen molar-refractivity contribution >= 4 is 50.2 Å². The second-order valence-corrected chi connectivity index (χ2v) is 9.11. The summed E-state index contributed by atoms with van der Waals surface area (Å²) in [6.07, 6.45) is 1.47. The Balaban J connectivity index is 1.76. The van der Waals surface area contributed by atoms with Gasteiger partial charge >= 0.3 is 0 Å². The van der Waals surface area contributed by atoms with Crippen LogP contribution in [0, 0.1) is 0 Å². The first-order valence-corrected chi connectivity index (χ1v) is 9.64. The maximum atomic E-state index is 12.5. The van der Waals surface area contributed by atoms with E-state index in [1.807, 2.05) is 4.90 Å². The number of H-pyrrole nitrogens is 1. The molecule has 0 atom stereocenters. The fourth-order valence-corrected chi connectivity index (χ4v) is 5.60. The first kappa shape index (κ1) is 16.7. The highest BCUT2D eigenvalue weighted by atomic mass is 35.5. The minimum atomic E-state index is -3.54. The van der Waals surface area contributed by atoms with Crippen LogP contribution in [-0.2, 0) is 10.0 Å². The molecule has 3 rings (SSSR count). The summed E-state index contributed by atoms with van der Waals surface area (Å²) in [6.45, 7) is 1.42. The molecule has 124 valence electrons. The van der Waals surface area contributed by atoms with Gasteiger partial charge in [0.25, 0.3) is 15.6 Å². The molecular formula is C12H12Cl2N4O3S2. The van der Waals surface area contributed by atoms with E-state index in [9.17, 15) is 13.2 Å². The molecule has 3 heterocycles. The number of nitrogens with zero attached hydrogens (tertiary/aromatic N) is 3. The highest BCUT2D eigenvalue weighted by molar-refractivity contribution is 7.91. The largest absolute Gasteiger partial charge is 0.366 e. The van der Waals surface area contributed by atoms with Crippen molar-refractivity contribution in [3.63, 3.8) is 0 Å². The monoisotopic (exact) mass is 394 g/mol. The van der Waals surface area contributed by atoms with Crippen LogP contribution in [-0.4, -0.2) is 49.1 Å². The smallest absolute Gasteiger partial charge is 0.285 e. The molecule has 1 aliphatic rings. The number of aromatic nitrogens is 2. The van der Waals surface area contributed by atoms with E-state index in [4.69, 9.17) is 23.2 Å². The lowest BCUT2D eigenvalue weighted by molar-refractivity contribution is 0.385. The van der Waals surface area contributed by atoms with Crippen molar-refractivity contribution in [3.8, 4) is 0 Å². The Hall–Kier alpha value is -1.13. The first-order valence-electron chi connectivity index (χ1n) is 6.63. The summed E-state index contributed by atoms with van der Waals surface area (Å²) in [5, 5.41) is 6.04. The minimum Gasteiger partial charge on any atom is -0.366 e. The van der Waals surface area contributed by atoms with Gasteiger partial charge in [-0.1, -0.05) is 23.2 Å². The molecule has 1 fully saturated rings. The Morgan fingerprint density at radius 2 is 1.87 bits per heavy atom. The van der Waals surface area contributed by atoms with Crippen molar-refractivity contribution in [1.29, 1.82) is 0 Å². The van der Waals surface area contributed by atoms with Crippen LogP contribution in [0.15, 0.2) is 27.3 Å². The van der Waals surface area contributed by atoms with Crippen molar-refractivity contribution < 1.29 is 8.42 Å². The Bertz CT molecular complexity index is 872. The van der Waals surface area contributed by atoms with Crippen molar-refractivity contribution in [1.82, 2.24) is 14.5 Å². The Labute approximate surface area is 146 Å². The van der Waals surface area contributed by atoms with Gasteiger partial charge in [-0.15, -0.1) is 11.3 Å². The molecule has 0 amide bonds. The van der Waals surface area contributed by atoms with E-state index in [0.29, 0.717) is 36.2 Å². The van der Waals surface area contributed by atoms with Gasteiger partial charge < -0.3 is 4.90 Å². The minimum absolute atomic E-state index is 0.0568. The lowest BCUT2D eigenvalue weighted by atomic mass is 10.3. The topological polar surface area (TPSA) is 86.4 Å². The van der Waals surface area contributed by atoms with E-state index in [2.05, 4.69) is 10.2 Å². The summed E-state index contributed by atoms with van der Waals surface area (Å²) in [5.41, 5.74) is 0.0408. The van der Waals surface area contributed by atoms with Crippen molar-refractivity contribution in [3.05, 3.63) is 38.0 Å². The molecule has 0 saturated carbocycles. The summed E-state index contributed by atoms with van der Waals surface area (Å²) < 4.78 is 27.1. The maximum absolute atomic E-state index is 12.5. The molecule has 0 bridgehead atoms. The van der Waals surface area contributed by atoms with Crippen LogP contribution in [0.3, 0.4) is 0 Å². The van der Waals surface area contributed by atoms with E-state index < -0.39 is 15.6 Å². The van der Waals surface area contributed by atoms with E-state index >= 15 is 0 Å². The molecular weight excluding hydrogens is 383 g/mol. The molecule has 0 unspecified atom stereocenters. The zero-order chi connectivity index (χ0) is 16.6. The van der Waals surface area contributed by atoms with Gasteiger partial charge in [0.2, 0.25) is 0 Å². The van der Waals surface area contributed by atoms with Gasteiger partial charge in [-0.25, -0.2) is 13.5 Å². The van der Waals surface area contributed by atoms with Crippen molar-refractivity contribution in [2.45, 2.75) is 4.21 Å². The summed E-state index contributed by atoms with van der Waals surface area (Å²) in [4.78, 5) is 13.3. The van der Waals surface area contributed by atoms with Crippen LogP contribution in [0.2, 0.25) is 9.36 Å². The van der Waals surface area contributed by atoms with E-state index in [1.165, 1.54) is 16.6 Å². The average molecular weight is 395 g/mol. The summed E-state index contributed by atoms with van der Waals surface area (Å²) in [6, 6.07) is 3.07. The number of piperazine rings is 1. The zero-order valence-electron chi connectivity index (χ0n) is 11.7. The van der Waals surface area contributed by atoms with Crippen LogP contribution in [0.25, 0.3) is 0 Å². The van der Waals surface area contributed by atoms with Gasteiger partial charge in [-0.3, -0.25) is 4.79 Å². The third kappa shape index (κ3) is 3.24. The summed E-state index contributed by atoms with van der Waals surface area (Å²) in [5.74, 6) is 0. The van der Waals surface area contributed by atoms with Gasteiger partial charge in [-0.05, 0) is 12.1 Å². The number of nitrogens with one attached hydrogen (secondary N) is 1. The number of halogens is 2. The predicted molar refractivity (Wildman–Crippen MR) is 90.2 cm³/mol. The molecule has 1 N–H and O–H groups in total. The third-order valence-corrected chi connectivity index (χ3v) is 7.46. The number of hydrogen-bond acceptors (Lipinski definition) is 6. The number of aromatic amines is 1. The number of rotatable bonds is 3. The number of thiophene rings is 1. The fourth-order valence-electron chi connectivity index (χ4n) is 2.33. The SMILES string of the molecule is O=c1[nH]ncc(N2CCN(S(=O)(=O)c3ccc(Cl)s3)CC2)c1Cl. The Kier molecular flexibility index (Phi) is 4.65. The number of hydrogen-bond donors (Lipinski definition) is 1. The molecule has 2 aromatic heterocycles.